The first-order valence-corrected chi connectivity index (χ1v) is 5.71. The standard InChI is InChI=1S/C9H18F3NS/c1-4-5-8(2,3)13-6-7-14-9(10,11)12/h13H,4-7H2,1-3H3. The summed E-state index contributed by atoms with van der Waals surface area (Å²) in [5.41, 5.74) is -4.16. The van der Waals surface area contributed by atoms with E-state index in [9.17, 15) is 13.2 Å². The maximum atomic E-state index is 11.8. The van der Waals surface area contributed by atoms with Gasteiger partial charge in [-0.2, -0.15) is 13.2 Å². The number of rotatable bonds is 6. The van der Waals surface area contributed by atoms with Crippen molar-refractivity contribution in [2.75, 3.05) is 12.3 Å². The van der Waals surface area contributed by atoms with Crippen LogP contribution in [0.15, 0.2) is 0 Å². The van der Waals surface area contributed by atoms with E-state index in [4.69, 9.17) is 0 Å². The maximum absolute atomic E-state index is 11.8. The Hall–Kier alpha value is 0.100. The van der Waals surface area contributed by atoms with E-state index in [-0.39, 0.29) is 23.1 Å². The molecule has 0 radical (unpaired) electrons. The topological polar surface area (TPSA) is 12.0 Å². The van der Waals surface area contributed by atoms with E-state index in [1.165, 1.54) is 0 Å². The lowest BCUT2D eigenvalue weighted by molar-refractivity contribution is -0.0327. The van der Waals surface area contributed by atoms with Gasteiger partial charge in [0.1, 0.15) is 0 Å². The molecular formula is C9H18F3NS. The molecule has 0 saturated carbocycles. The van der Waals surface area contributed by atoms with Crippen molar-refractivity contribution in [3.8, 4) is 0 Å². The molecule has 0 atom stereocenters. The number of halogens is 3. The summed E-state index contributed by atoms with van der Waals surface area (Å²) in [6.07, 6.45) is 2.01. The van der Waals surface area contributed by atoms with Crippen LogP contribution in [0.25, 0.3) is 0 Å². The molecule has 0 aliphatic rings. The molecule has 0 aliphatic carbocycles. The third-order valence-corrected chi connectivity index (χ3v) is 2.58. The minimum absolute atomic E-state index is 0.0298. The summed E-state index contributed by atoms with van der Waals surface area (Å²) in [6.45, 7) is 6.48. The van der Waals surface area contributed by atoms with Gasteiger partial charge in [0.2, 0.25) is 0 Å². The Balaban J connectivity index is 3.54. The van der Waals surface area contributed by atoms with Gasteiger partial charge in [-0.05, 0) is 32.0 Å². The van der Waals surface area contributed by atoms with Crippen LogP contribution in [0, 0.1) is 0 Å². The Morgan fingerprint density at radius 1 is 1.21 bits per heavy atom. The van der Waals surface area contributed by atoms with Crippen molar-refractivity contribution in [2.24, 2.45) is 0 Å². The molecule has 0 heterocycles. The van der Waals surface area contributed by atoms with Gasteiger partial charge in [0.05, 0.1) is 0 Å². The van der Waals surface area contributed by atoms with Crippen LogP contribution in [0.2, 0.25) is 0 Å². The Morgan fingerprint density at radius 2 is 1.79 bits per heavy atom. The number of hydrogen-bond acceptors (Lipinski definition) is 2. The summed E-state index contributed by atoms with van der Waals surface area (Å²) in [5, 5.41) is 3.11. The third-order valence-electron chi connectivity index (χ3n) is 1.85. The van der Waals surface area contributed by atoms with Crippen LogP contribution in [0.1, 0.15) is 33.6 Å². The fraction of sp³-hybridized carbons (Fsp3) is 1.00. The molecule has 0 rings (SSSR count). The monoisotopic (exact) mass is 229 g/mol. The van der Waals surface area contributed by atoms with Crippen LogP contribution in [-0.4, -0.2) is 23.3 Å². The van der Waals surface area contributed by atoms with Crippen molar-refractivity contribution in [1.29, 1.82) is 0 Å². The van der Waals surface area contributed by atoms with Crippen molar-refractivity contribution in [1.82, 2.24) is 5.32 Å². The summed E-state index contributed by atoms with van der Waals surface area (Å²) in [7, 11) is 0. The van der Waals surface area contributed by atoms with Crippen LogP contribution < -0.4 is 5.32 Å². The van der Waals surface area contributed by atoms with Crippen LogP contribution in [0.3, 0.4) is 0 Å². The van der Waals surface area contributed by atoms with E-state index < -0.39 is 5.51 Å². The maximum Gasteiger partial charge on any atom is 0.441 e. The second kappa shape index (κ2) is 5.85. The average molecular weight is 229 g/mol. The summed E-state index contributed by atoms with van der Waals surface area (Å²) in [6, 6.07) is 0. The summed E-state index contributed by atoms with van der Waals surface area (Å²) in [4.78, 5) is 0. The molecule has 14 heavy (non-hydrogen) atoms. The molecule has 0 amide bonds. The molecular weight excluding hydrogens is 211 g/mol. The molecule has 0 aromatic rings. The van der Waals surface area contributed by atoms with Crippen molar-refractivity contribution >= 4 is 11.8 Å². The quantitative estimate of drug-likeness (QED) is 0.700. The molecule has 0 unspecified atom stereocenters. The number of hydrogen-bond donors (Lipinski definition) is 1. The molecule has 0 fully saturated rings. The predicted molar refractivity (Wildman–Crippen MR) is 55.5 cm³/mol. The number of alkyl halides is 3. The Kier molecular flexibility index (Phi) is 5.90. The van der Waals surface area contributed by atoms with Crippen molar-refractivity contribution in [2.45, 2.75) is 44.7 Å². The average Bonchev–Trinajstić information content (AvgIpc) is 1.96. The Labute approximate surface area is 87.8 Å². The first-order chi connectivity index (χ1) is 6.27. The minimum atomic E-state index is -4.10. The molecule has 0 spiro atoms. The molecule has 86 valence electrons. The normalized spacial score (nSPS) is 13.3. The van der Waals surface area contributed by atoms with E-state index >= 15 is 0 Å². The van der Waals surface area contributed by atoms with E-state index in [2.05, 4.69) is 12.2 Å². The van der Waals surface area contributed by atoms with Crippen LogP contribution in [0.5, 0.6) is 0 Å². The highest BCUT2D eigenvalue weighted by Crippen LogP contribution is 2.29. The van der Waals surface area contributed by atoms with Gasteiger partial charge in [0, 0.05) is 17.8 Å². The molecule has 0 bridgehead atoms. The van der Waals surface area contributed by atoms with E-state index in [1.54, 1.807) is 0 Å². The van der Waals surface area contributed by atoms with Gasteiger partial charge in [-0.1, -0.05) is 13.3 Å². The summed E-state index contributed by atoms with van der Waals surface area (Å²) >= 11 is 0.0298. The molecule has 5 heteroatoms. The molecule has 0 saturated heterocycles. The molecule has 1 nitrogen and oxygen atoms in total. The smallest absolute Gasteiger partial charge is 0.311 e. The van der Waals surface area contributed by atoms with Gasteiger partial charge >= 0.3 is 5.51 Å². The largest absolute Gasteiger partial charge is 0.441 e. The first-order valence-electron chi connectivity index (χ1n) is 4.72. The molecule has 0 aromatic heterocycles. The number of nitrogens with one attached hydrogen (secondary N) is 1. The third kappa shape index (κ3) is 8.69. The minimum Gasteiger partial charge on any atom is -0.311 e. The van der Waals surface area contributed by atoms with Gasteiger partial charge in [-0.3, -0.25) is 0 Å². The number of thioether (sulfide) groups is 1. The van der Waals surface area contributed by atoms with Crippen LogP contribution in [-0.2, 0) is 0 Å². The van der Waals surface area contributed by atoms with Gasteiger partial charge in [0.25, 0.3) is 0 Å². The van der Waals surface area contributed by atoms with E-state index in [0.29, 0.717) is 6.54 Å². The Morgan fingerprint density at radius 3 is 2.21 bits per heavy atom. The molecule has 1 N–H and O–H groups in total. The molecule has 0 aliphatic heterocycles. The lowest BCUT2D eigenvalue weighted by Crippen LogP contribution is -2.40. The van der Waals surface area contributed by atoms with Crippen molar-refractivity contribution < 1.29 is 13.2 Å². The zero-order valence-electron chi connectivity index (χ0n) is 8.87. The highest BCUT2D eigenvalue weighted by atomic mass is 32.2. The molecule has 0 aromatic carbocycles. The Bertz CT molecular complexity index is 157. The lowest BCUT2D eigenvalue weighted by atomic mass is 9.99. The SMILES string of the molecule is CCCC(C)(C)NCCSC(F)(F)F. The highest BCUT2D eigenvalue weighted by molar-refractivity contribution is 8.00. The lowest BCUT2D eigenvalue weighted by Gasteiger charge is -2.25. The van der Waals surface area contributed by atoms with Crippen molar-refractivity contribution in [3.05, 3.63) is 0 Å². The highest BCUT2D eigenvalue weighted by Gasteiger charge is 2.27. The van der Waals surface area contributed by atoms with E-state index in [0.717, 1.165) is 12.8 Å². The first kappa shape index (κ1) is 14.1. The fourth-order valence-corrected chi connectivity index (χ4v) is 1.71. The van der Waals surface area contributed by atoms with Crippen molar-refractivity contribution in [3.63, 3.8) is 0 Å². The zero-order valence-corrected chi connectivity index (χ0v) is 9.69. The van der Waals surface area contributed by atoms with Gasteiger partial charge in [-0.15, -0.1) is 0 Å². The van der Waals surface area contributed by atoms with Crippen LogP contribution in [0.4, 0.5) is 13.2 Å². The van der Waals surface area contributed by atoms with E-state index in [1.807, 2.05) is 13.8 Å². The second-order valence-corrected chi connectivity index (χ2v) is 5.01. The second-order valence-electron chi connectivity index (χ2n) is 3.85. The van der Waals surface area contributed by atoms with Crippen LogP contribution >= 0.6 is 11.8 Å². The summed E-state index contributed by atoms with van der Waals surface area (Å²) < 4.78 is 35.3. The predicted octanol–water partition coefficient (Wildman–Crippen LogP) is 3.41. The fourth-order valence-electron chi connectivity index (χ4n) is 1.27. The van der Waals surface area contributed by atoms with Gasteiger partial charge < -0.3 is 5.32 Å². The summed E-state index contributed by atoms with van der Waals surface area (Å²) in [5.74, 6) is 0.0800. The van der Waals surface area contributed by atoms with Gasteiger partial charge in [-0.25, -0.2) is 0 Å². The zero-order chi connectivity index (χ0) is 11.2. The van der Waals surface area contributed by atoms with Gasteiger partial charge in [0.15, 0.2) is 0 Å².